The highest BCUT2D eigenvalue weighted by molar-refractivity contribution is 9.10. The maximum Gasteiger partial charge on any atom is 0.410 e. The SMILES string of the molecule is COc1ncc(Br)cc1-c1nc2cc(N3CCN(C(=O)OC(C)(C)C)CC3)ccc2[nH]1. The van der Waals surface area contributed by atoms with E-state index in [1.165, 1.54) is 0 Å². The van der Waals surface area contributed by atoms with Gasteiger partial charge in [-0.15, -0.1) is 0 Å². The molecule has 1 N–H and O–H groups in total. The lowest BCUT2D eigenvalue weighted by molar-refractivity contribution is 0.0240. The molecular weight excluding hydrogens is 462 g/mol. The molecule has 1 aromatic carbocycles. The van der Waals surface area contributed by atoms with Crippen LogP contribution in [0, 0.1) is 0 Å². The molecule has 0 atom stereocenters. The van der Waals surface area contributed by atoms with Gasteiger partial charge in [0.25, 0.3) is 0 Å². The largest absolute Gasteiger partial charge is 0.480 e. The molecule has 3 heterocycles. The van der Waals surface area contributed by atoms with Crippen molar-refractivity contribution in [1.82, 2.24) is 19.9 Å². The minimum Gasteiger partial charge on any atom is -0.480 e. The van der Waals surface area contributed by atoms with Crippen molar-refractivity contribution in [2.45, 2.75) is 26.4 Å². The van der Waals surface area contributed by atoms with Crippen molar-refractivity contribution in [3.63, 3.8) is 0 Å². The van der Waals surface area contributed by atoms with E-state index in [0.717, 1.165) is 39.8 Å². The molecule has 164 valence electrons. The molecule has 8 nitrogen and oxygen atoms in total. The summed E-state index contributed by atoms with van der Waals surface area (Å²) < 4.78 is 11.7. The van der Waals surface area contributed by atoms with Crippen LogP contribution in [-0.2, 0) is 4.74 Å². The minimum absolute atomic E-state index is 0.254. The third-order valence-corrected chi connectivity index (χ3v) is 5.46. The number of pyridine rings is 1. The summed E-state index contributed by atoms with van der Waals surface area (Å²) in [6.45, 7) is 8.38. The lowest BCUT2D eigenvalue weighted by atomic mass is 10.2. The number of amides is 1. The lowest BCUT2D eigenvalue weighted by Gasteiger charge is -2.36. The molecule has 1 amide bonds. The van der Waals surface area contributed by atoms with Gasteiger partial charge in [0.1, 0.15) is 11.4 Å². The molecule has 31 heavy (non-hydrogen) atoms. The minimum atomic E-state index is -0.483. The van der Waals surface area contributed by atoms with Gasteiger partial charge in [-0.05, 0) is 61.0 Å². The quantitative estimate of drug-likeness (QED) is 0.587. The smallest absolute Gasteiger partial charge is 0.410 e. The fourth-order valence-corrected chi connectivity index (χ4v) is 3.88. The van der Waals surface area contributed by atoms with Gasteiger partial charge in [-0.3, -0.25) is 0 Å². The van der Waals surface area contributed by atoms with Gasteiger partial charge >= 0.3 is 6.09 Å². The van der Waals surface area contributed by atoms with Gasteiger partial charge in [0.15, 0.2) is 0 Å². The molecule has 1 fully saturated rings. The van der Waals surface area contributed by atoms with Crippen molar-refractivity contribution >= 4 is 38.7 Å². The maximum atomic E-state index is 12.3. The van der Waals surface area contributed by atoms with E-state index in [-0.39, 0.29) is 6.09 Å². The van der Waals surface area contributed by atoms with Gasteiger partial charge in [-0.25, -0.2) is 14.8 Å². The number of hydrogen-bond acceptors (Lipinski definition) is 6. The number of aromatic amines is 1. The van der Waals surface area contributed by atoms with Gasteiger partial charge in [-0.1, -0.05) is 0 Å². The van der Waals surface area contributed by atoms with E-state index in [1.807, 2.05) is 32.9 Å². The molecule has 1 aliphatic heterocycles. The Balaban J connectivity index is 1.51. The number of halogens is 1. The second-order valence-corrected chi connectivity index (χ2v) is 9.37. The third-order valence-electron chi connectivity index (χ3n) is 5.03. The zero-order valence-corrected chi connectivity index (χ0v) is 19.7. The first-order chi connectivity index (χ1) is 14.7. The number of ether oxygens (including phenoxy) is 2. The molecule has 9 heteroatoms. The van der Waals surface area contributed by atoms with Gasteiger partial charge in [0.05, 0.1) is 23.7 Å². The molecule has 2 aromatic heterocycles. The Morgan fingerprint density at radius 3 is 2.58 bits per heavy atom. The Labute approximate surface area is 189 Å². The van der Waals surface area contributed by atoms with Crippen molar-refractivity contribution in [2.24, 2.45) is 0 Å². The number of aromatic nitrogens is 3. The summed E-state index contributed by atoms with van der Waals surface area (Å²) in [5, 5.41) is 0. The second kappa shape index (κ2) is 8.37. The van der Waals surface area contributed by atoms with Gasteiger partial charge in [0, 0.05) is 42.5 Å². The topological polar surface area (TPSA) is 83.6 Å². The zero-order chi connectivity index (χ0) is 22.2. The predicted molar refractivity (Wildman–Crippen MR) is 124 cm³/mol. The Morgan fingerprint density at radius 2 is 1.90 bits per heavy atom. The summed E-state index contributed by atoms with van der Waals surface area (Å²) in [7, 11) is 1.59. The highest BCUT2D eigenvalue weighted by Gasteiger charge is 2.26. The summed E-state index contributed by atoms with van der Waals surface area (Å²) in [5.41, 5.74) is 3.19. The van der Waals surface area contributed by atoms with E-state index in [4.69, 9.17) is 14.5 Å². The van der Waals surface area contributed by atoms with E-state index < -0.39 is 5.60 Å². The first kappa shape index (κ1) is 21.4. The van der Waals surface area contributed by atoms with E-state index in [9.17, 15) is 4.79 Å². The molecule has 0 saturated carbocycles. The molecule has 0 unspecified atom stereocenters. The Kier molecular flexibility index (Phi) is 5.79. The number of fused-ring (bicyclic) bond motifs is 1. The Hall–Kier alpha value is -2.81. The van der Waals surface area contributed by atoms with Crippen molar-refractivity contribution in [3.8, 4) is 17.3 Å². The number of methoxy groups -OCH3 is 1. The van der Waals surface area contributed by atoms with E-state index in [0.29, 0.717) is 24.8 Å². The number of carbonyl (C=O) groups is 1. The fraction of sp³-hybridized carbons (Fsp3) is 0.409. The zero-order valence-electron chi connectivity index (χ0n) is 18.1. The summed E-state index contributed by atoms with van der Waals surface area (Å²) in [4.78, 5) is 28.7. The Bertz CT molecular complexity index is 1100. The van der Waals surface area contributed by atoms with Crippen molar-refractivity contribution in [1.29, 1.82) is 0 Å². The van der Waals surface area contributed by atoms with E-state index >= 15 is 0 Å². The molecular formula is C22H26BrN5O3. The number of rotatable bonds is 3. The third kappa shape index (κ3) is 4.76. The van der Waals surface area contributed by atoms with Crippen molar-refractivity contribution in [3.05, 3.63) is 34.9 Å². The van der Waals surface area contributed by atoms with Crippen LogP contribution in [0.5, 0.6) is 5.88 Å². The first-order valence-electron chi connectivity index (χ1n) is 10.2. The Morgan fingerprint density at radius 1 is 1.16 bits per heavy atom. The monoisotopic (exact) mass is 487 g/mol. The number of imidazole rings is 1. The number of hydrogen-bond donors (Lipinski definition) is 1. The molecule has 1 aliphatic rings. The van der Waals surface area contributed by atoms with Crippen molar-refractivity contribution in [2.75, 3.05) is 38.2 Å². The molecule has 1 saturated heterocycles. The predicted octanol–water partition coefficient (Wildman–Crippen LogP) is 4.45. The number of benzene rings is 1. The molecule has 0 spiro atoms. The fourth-order valence-electron chi connectivity index (χ4n) is 3.55. The highest BCUT2D eigenvalue weighted by atomic mass is 79.9. The van der Waals surface area contributed by atoms with Crippen LogP contribution in [0.1, 0.15) is 20.8 Å². The average molecular weight is 488 g/mol. The van der Waals surface area contributed by atoms with Gasteiger partial charge in [0.2, 0.25) is 5.88 Å². The van der Waals surface area contributed by atoms with Crippen LogP contribution in [0.3, 0.4) is 0 Å². The number of carbonyl (C=O) groups excluding carboxylic acids is 1. The van der Waals surface area contributed by atoms with E-state index in [2.05, 4.69) is 42.9 Å². The normalized spacial score (nSPS) is 14.7. The van der Waals surface area contributed by atoms with Crippen molar-refractivity contribution < 1.29 is 14.3 Å². The highest BCUT2D eigenvalue weighted by Crippen LogP contribution is 2.31. The lowest BCUT2D eigenvalue weighted by Crippen LogP contribution is -2.50. The number of H-pyrrole nitrogens is 1. The average Bonchev–Trinajstić information content (AvgIpc) is 3.16. The molecule has 0 aliphatic carbocycles. The number of piperazine rings is 1. The molecule has 4 rings (SSSR count). The summed E-state index contributed by atoms with van der Waals surface area (Å²) in [5.74, 6) is 1.22. The van der Waals surface area contributed by atoms with Crippen LogP contribution in [0.15, 0.2) is 34.9 Å². The van der Waals surface area contributed by atoms with Gasteiger partial charge < -0.3 is 24.3 Å². The molecule has 0 bridgehead atoms. The standard InChI is InChI=1S/C22H26BrN5O3/c1-22(2,3)31-21(29)28-9-7-27(8-10-28)15-5-6-17-18(12-15)26-19(25-17)16-11-14(23)13-24-20(16)30-4/h5-6,11-13H,7-10H2,1-4H3,(H,25,26). The van der Waals surface area contributed by atoms with Crippen LogP contribution in [0.2, 0.25) is 0 Å². The molecule has 3 aromatic rings. The summed E-state index contributed by atoms with van der Waals surface area (Å²) in [6.07, 6.45) is 1.44. The summed E-state index contributed by atoms with van der Waals surface area (Å²) in [6, 6.07) is 8.10. The van der Waals surface area contributed by atoms with Crippen LogP contribution in [-0.4, -0.2) is 64.8 Å². The number of nitrogens with zero attached hydrogens (tertiary/aromatic N) is 4. The van der Waals surface area contributed by atoms with Gasteiger partial charge in [-0.2, -0.15) is 0 Å². The van der Waals surface area contributed by atoms with Crippen LogP contribution >= 0.6 is 15.9 Å². The van der Waals surface area contributed by atoms with Crippen LogP contribution in [0.4, 0.5) is 10.5 Å². The molecule has 0 radical (unpaired) electrons. The van der Waals surface area contributed by atoms with E-state index in [1.54, 1.807) is 18.2 Å². The number of nitrogens with one attached hydrogen (secondary N) is 1. The first-order valence-corrected chi connectivity index (χ1v) is 11.0. The number of anilines is 1. The second-order valence-electron chi connectivity index (χ2n) is 8.45. The summed E-state index contributed by atoms with van der Waals surface area (Å²) >= 11 is 3.46. The maximum absolute atomic E-state index is 12.3. The van der Waals surface area contributed by atoms with Crippen LogP contribution in [0.25, 0.3) is 22.4 Å². The van der Waals surface area contributed by atoms with Crippen LogP contribution < -0.4 is 9.64 Å².